The molecule has 0 radical (unpaired) electrons. The van der Waals surface area contributed by atoms with Gasteiger partial charge in [-0.2, -0.15) is 0 Å². The van der Waals surface area contributed by atoms with Gasteiger partial charge in [0.2, 0.25) is 10.0 Å². The minimum Gasteiger partial charge on any atom is -0.381 e. The standard InChI is InChI=1S/C16H20N2O2S/c1-3-13-7-4-5-8-14(13)12-18-15-9-6-10-16(11-15)21(19,20)17-2/h4-11,17-18H,3,12H2,1-2H3. The molecule has 0 amide bonds. The second kappa shape index (κ2) is 6.74. The van der Waals surface area contributed by atoms with Crippen LogP contribution in [0.15, 0.2) is 53.4 Å². The van der Waals surface area contributed by atoms with E-state index in [0.29, 0.717) is 6.54 Å². The Bertz CT molecular complexity index is 712. The molecule has 5 heteroatoms. The van der Waals surface area contributed by atoms with Crippen LogP contribution in [0.3, 0.4) is 0 Å². The summed E-state index contributed by atoms with van der Waals surface area (Å²) in [5, 5.41) is 3.28. The van der Waals surface area contributed by atoms with E-state index in [2.05, 4.69) is 29.1 Å². The number of rotatable bonds is 6. The van der Waals surface area contributed by atoms with E-state index in [-0.39, 0.29) is 4.90 Å². The fourth-order valence-electron chi connectivity index (χ4n) is 2.16. The molecule has 2 aromatic rings. The van der Waals surface area contributed by atoms with Crippen LogP contribution in [-0.4, -0.2) is 15.5 Å². The Balaban J connectivity index is 2.16. The Morgan fingerprint density at radius 1 is 1.00 bits per heavy atom. The molecule has 0 spiro atoms. The fourth-order valence-corrected chi connectivity index (χ4v) is 2.94. The number of nitrogens with one attached hydrogen (secondary N) is 2. The largest absolute Gasteiger partial charge is 0.381 e. The van der Waals surface area contributed by atoms with Gasteiger partial charge >= 0.3 is 0 Å². The predicted octanol–water partition coefficient (Wildman–Crippen LogP) is 2.77. The molecular weight excluding hydrogens is 284 g/mol. The van der Waals surface area contributed by atoms with E-state index in [4.69, 9.17) is 0 Å². The van der Waals surface area contributed by atoms with Crippen molar-refractivity contribution >= 4 is 15.7 Å². The van der Waals surface area contributed by atoms with Crippen molar-refractivity contribution in [1.82, 2.24) is 4.72 Å². The summed E-state index contributed by atoms with van der Waals surface area (Å²) in [6, 6.07) is 15.1. The quantitative estimate of drug-likeness (QED) is 0.863. The minimum atomic E-state index is -3.41. The normalized spacial score (nSPS) is 11.3. The molecule has 0 aliphatic rings. The lowest BCUT2D eigenvalue weighted by molar-refractivity contribution is 0.588. The van der Waals surface area contributed by atoms with E-state index < -0.39 is 10.0 Å². The lowest BCUT2D eigenvalue weighted by Gasteiger charge is -2.11. The molecule has 2 N–H and O–H groups in total. The molecule has 2 rings (SSSR count). The number of anilines is 1. The van der Waals surface area contributed by atoms with E-state index in [9.17, 15) is 8.42 Å². The van der Waals surface area contributed by atoms with Crippen LogP contribution in [-0.2, 0) is 23.0 Å². The van der Waals surface area contributed by atoms with Crippen LogP contribution in [0, 0.1) is 0 Å². The van der Waals surface area contributed by atoms with Crippen LogP contribution in [0.4, 0.5) is 5.69 Å². The van der Waals surface area contributed by atoms with E-state index in [0.717, 1.165) is 12.1 Å². The van der Waals surface area contributed by atoms with Crippen molar-refractivity contribution in [2.24, 2.45) is 0 Å². The van der Waals surface area contributed by atoms with Crippen molar-refractivity contribution < 1.29 is 8.42 Å². The third kappa shape index (κ3) is 3.83. The highest BCUT2D eigenvalue weighted by Gasteiger charge is 2.11. The maximum Gasteiger partial charge on any atom is 0.240 e. The number of hydrogen-bond acceptors (Lipinski definition) is 3. The van der Waals surface area contributed by atoms with Crippen molar-refractivity contribution in [2.45, 2.75) is 24.8 Å². The summed E-state index contributed by atoms with van der Waals surface area (Å²) in [6.45, 7) is 2.80. The van der Waals surface area contributed by atoms with Crippen LogP contribution < -0.4 is 10.0 Å². The molecule has 2 aromatic carbocycles. The second-order valence-electron chi connectivity index (χ2n) is 4.71. The fraction of sp³-hybridized carbons (Fsp3) is 0.250. The molecule has 0 fully saturated rings. The summed E-state index contributed by atoms with van der Waals surface area (Å²) in [6.07, 6.45) is 0.978. The average molecular weight is 304 g/mol. The first kappa shape index (κ1) is 15.5. The molecule has 0 unspecified atom stereocenters. The zero-order chi connectivity index (χ0) is 15.3. The van der Waals surface area contributed by atoms with Gasteiger partial charge in [0, 0.05) is 12.2 Å². The van der Waals surface area contributed by atoms with E-state index in [1.54, 1.807) is 18.2 Å². The molecule has 0 aliphatic heterocycles. The molecule has 0 saturated carbocycles. The summed E-state index contributed by atoms with van der Waals surface area (Å²) in [7, 11) is -2.00. The molecule has 4 nitrogen and oxygen atoms in total. The Morgan fingerprint density at radius 2 is 1.71 bits per heavy atom. The van der Waals surface area contributed by atoms with Gasteiger partial charge in [0.15, 0.2) is 0 Å². The van der Waals surface area contributed by atoms with E-state index in [1.807, 2.05) is 18.2 Å². The lowest BCUT2D eigenvalue weighted by Crippen LogP contribution is -2.18. The van der Waals surface area contributed by atoms with Gasteiger partial charge in [-0.15, -0.1) is 0 Å². The predicted molar refractivity (Wildman–Crippen MR) is 85.8 cm³/mol. The van der Waals surface area contributed by atoms with Gasteiger partial charge in [-0.05, 0) is 42.8 Å². The van der Waals surface area contributed by atoms with Gasteiger partial charge in [0.25, 0.3) is 0 Å². The third-order valence-electron chi connectivity index (χ3n) is 3.40. The molecule has 0 bridgehead atoms. The van der Waals surface area contributed by atoms with Gasteiger partial charge < -0.3 is 5.32 Å². The topological polar surface area (TPSA) is 58.2 Å². The van der Waals surface area contributed by atoms with Crippen molar-refractivity contribution in [1.29, 1.82) is 0 Å². The Kier molecular flexibility index (Phi) is 4.98. The highest BCUT2D eigenvalue weighted by atomic mass is 32.2. The maximum absolute atomic E-state index is 11.8. The number of hydrogen-bond donors (Lipinski definition) is 2. The summed E-state index contributed by atoms with van der Waals surface area (Å²) in [5.41, 5.74) is 3.31. The van der Waals surface area contributed by atoms with Gasteiger partial charge in [-0.1, -0.05) is 37.3 Å². The molecule has 21 heavy (non-hydrogen) atoms. The van der Waals surface area contributed by atoms with Crippen molar-refractivity contribution in [3.05, 3.63) is 59.7 Å². The van der Waals surface area contributed by atoms with E-state index in [1.165, 1.54) is 18.2 Å². The highest BCUT2D eigenvalue weighted by molar-refractivity contribution is 7.89. The molecule has 0 aliphatic carbocycles. The smallest absolute Gasteiger partial charge is 0.240 e. The first-order chi connectivity index (χ1) is 10.1. The second-order valence-corrected chi connectivity index (χ2v) is 6.60. The Morgan fingerprint density at radius 3 is 2.38 bits per heavy atom. The highest BCUT2D eigenvalue weighted by Crippen LogP contribution is 2.17. The molecular formula is C16H20N2O2S. The van der Waals surface area contributed by atoms with Crippen LogP contribution in [0.25, 0.3) is 0 Å². The summed E-state index contributed by atoms with van der Waals surface area (Å²) < 4.78 is 25.9. The van der Waals surface area contributed by atoms with Crippen LogP contribution >= 0.6 is 0 Å². The maximum atomic E-state index is 11.8. The van der Waals surface area contributed by atoms with Crippen LogP contribution in [0.5, 0.6) is 0 Å². The van der Waals surface area contributed by atoms with Crippen molar-refractivity contribution in [2.75, 3.05) is 12.4 Å². The summed E-state index contributed by atoms with van der Waals surface area (Å²) in [4.78, 5) is 0.263. The third-order valence-corrected chi connectivity index (χ3v) is 4.81. The first-order valence-electron chi connectivity index (χ1n) is 6.91. The molecule has 0 saturated heterocycles. The van der Waals surface area contributed by atoms with Gasteiger partial charge in [-0.25, -0.2) is 13.1 Å². The van der Waals surface area contributed by atoms with E-state index >= 15 is 0 Å². The minimum absolute atomic E-state index is 0.263. The molecule has 0 heterocycles. The average Bonchev–Trinajstić information content (AvgIpc) is 2.53. The van der Waals surface area contributed by atoms with Crippen LogP contribution in [0.2, 0.25) is 0 Å². The van der Waals surface area contributed by atoms with Gasteiger partial charge in [0.1, 0.15) is 0 Å². The van der Waals surface area contributed by atoms with Crippen molar-refractivity contribution in [3.63, 3.8) is 0 Å². The zero-order valence-electron chi connectivity index (χ0n) is 12.3. The van der Waals surface area contributed by atoms with Gasteiger partial charge in [-0.3, -0.25) is 0 Å². The Hall–Kier alpha value is -1.85. The summed E-state index contributed by atoms with van der Waals surface area (Å²) >= 11 is 0. The monoisotopic (exact) mass is 304 g/mol. The van der Waals surface area contributed by atoms with Crippen molar-refractivity contribution in [3.8, 4) is 0 Å². The molecule has 0 atom stereocenters. The molecule has 0 aromatic heterocycles. The van der Waals surface area contributed by atoms with Gasteiger partial charge in [0.05, 0.1) is 4.90 Å². The zero-order valence-corrected chi connectivity index (χ0v) is 13.1. The number of sulfonamides is 1. The SMILES string of the molecule is CCc1ccccc1CNc1cccc(S(=O)(=O)NC)c1. The first-order valence-corrected chi connectivity index (χ1v) is 8.39. The Labute approximate surface area is 126 Å². The lowest BCUT2D eigenvalue weighted by atomic mass is 10.1. The van der Waals surface area contributed by atoms with Crippen LogP contribution in [0.1, 0.15) is 18.1 Å². The molecule has 112 valence electrons. The summed E-state index contributed by atoms with van der Waals surface area (Å²) in [5.74, 6) is 0. The number of benzene rings is 2. The number of aryl methyl sites for hydroxylation is 1.